The van der Waals surface area contributed by atoms with Gasteiger partial charge >= 0.3 is 17.9 Å². The maximum atomic E-state index is 11.1. The summed E-state index contributed by atoms with van der Waals surface area (Å²) in [5, 5.41) is 8.98. The van der Waals surface area contributed by atoms with E-state index in [9.17, 15) is 14.4 Å². The Morgan fingerprint density at radius 2 is 1.50 bits per heavy atom. The molecule has 0 radical (unpaired) electrons. The molecular formula is C12H15NO7. The van der Waals surface area contributed by atoms with Crippen LogP contribution in [0.15, 0.2) is 0 Å². The zero-order valence-corrected chi connectivity index (χ0v) is 11.3. The van der Waals surface area contributed by atoms with Gasteiger partial charge in [-0.1, -0.05) is 0 Å². The molecule has 0 spiro atoms. The van der Waals surface area contributed by atoms with Crippen molar-refractivity contribution in [2.24, 2.45) is 0 Å². The summed E-state index contributed by atoms with van der Waals surface area (Å²) in [6.07, 6.45) is -4.28. The van der Waals surface area contributed by atoms with Crippen molar-refractivity contribution in [3.63, 3.8) is 0 Å². The van der Waals surface area contributed by atoms with Crippen LogP contribution >= 0.6 is 0 Å². The molecule has 110 valence electrons. The summed E-state index contributed by atoms with van der Waals surface area (Å²) in [6.45, 7) is 3.36. The standard InChI is InChI=1S/C12H15NO7/c1-6(14)18-10-5-17-9(4-13)11(19-7(2)15)12(10)20-8(3)16/h9-12H,5H2,1-3H3/t9-,10-,11-,12+/m0/s1. The van der Waals surface area contributed by atoms with Gasteiger partial charge in [0.25, 0.3) is 0 Å². The van der Waals surface area contributed by atoms with Crippen molar-refractivity contribution in [2.45, 2.75) is 45.2 Å². The molecule has 0 aromatic carbocycles. The van der Waals surface area contributed by atoms with Crippen molar-refractivity contribution in [1.29, 1.82) is 5.26 Å². The van der Waals surface area contributed by atoms with Gasteiger partial charge in [-0.2, -0.15) is 5.26 Å². The highest BCUT2D eigenvalue weighted by Gasteiger charge is 2.46. The minimum Gasteiger partial charge on any atom is -0.456 e. The van der Waals surface area contributed by atoms with Crippen LogP contribution in [-0.4, -0.2) is 48.9 Å². The fourth-order valence-corrected chi connectivity index (χ4v) is 1.85. The molecule has 1 heterocycles. The molecule has 0 aromatic rings. The van der Waals surface area contributed by atoms with Gasteiger partial charge in [-0.05, 0) is 0 Å². The van der Waals surface area contributed by atoms with Crippen LogP contribution in [0, 0.1) is 11.3 Å². The summed E-state index contributed by atoms with van der Waals surface area (Å²) in [6, 6.07) is 1.81. The van der Waals surface area contributed by atoms with Gasteiger partial charge in [-0.3, -0.25) is 14.4 Å². The Morgan fingerprint density at radius 3 is 1.95 bits per heavy atom. The molecule has 1 aliphatic heterocycles. The average molecular weight is 285 g/mol. The van der Waals surface area contributed by atoms with Crippen LogP contribution in [0.5, 0.6) is 0 Å². The Kier molecular flexibility index (Phi) is 5.46. The van der Waals surface area contributed by atoms with E-state index in [0.29, 0.717) is 0 Å². The minimum absolute atomic E-state index is 0.131. The Morgan fingerprint density at radius 1 is 1.00 bits per heavy atom. The number of nitriles is 1. The van der Waals surface area contributed by atoms with Crippen molar-refractivity contribution in [1.82, 2.24) is 0 Å². The van der Waals surface area contributed by atoms with E-state index >= 15 is 0 Å². The number of ether oxygens (including phenoxy) is 4. The fraction of sp³-hybridized carbons (Fsp3) is 0.667. The molecule has 20 heavy (non-hydrogen) atoms. The van der Waals surface area contributed by atoms with Crippen molar-refractivity contribution < 1.29 is 33.3 Å². The smallest absolute Gasteiger partial charge is 0.303 e. The van der Waals surface area contributed by atoms with E-state index in [-0.39, 0.29) is 6.61 Å². The molecule has 0 saturated carbocycles. The maximum absolute atomic E-state index is 11.1. The molecule has 0 amide bonds. The lowest BCUT2D eigenvalue weighted by atomic mass is 10.00. The minimum atomic E-state index is -1.15. The molecule has 0 aliphatic carbocycles. The highest BCUT2D eigenvalue weighted by Crippen LogP contribution is 2.24. The van der Waals surface area contributed by atoms with Gasteiger partial charge in [-0.15, -0.1) is 0 Å². The lowest BCUT2D eigenvalue weighted by Crippen LogP contribution is -2.57. The second kappa shape index (κ2) is 6.86. The third-order valence-electron chi connectivity index (χ3n) is 2.48. The fourth-order valence-electron chi connectivity index (χ4n) is 1.85. The SMILES string of the molecule is CC(=O)O[C@@H]1[C@H](OC(C)=O)[C@@H](OC(C)=O)CO[C@H]1C#N. The summed E-state index contributed by atoms with van der Waals surface area (Å²) in [5.41, 5.74) is 0. The predicted molar refractivity (Wildman–Crippen MR) is 62.0 cm³/mol. The lowest BCUT2D eigenvalue weighted by molar-refractivity contribution is -0.217. The largest absolute Gasteiger partial charge is 0.456 e. The number of esters is 3. The highest BCUT2D eigenvalue weighted by atomic mass is 16.6. The molecule has 1 saturated heterocycles. The van der Waals surface area contributed by atoms with Gasteiger partial charge in [-0.25, -0.2) is 0 Å². The molecule has 1 aliphatic rings. The summed E-state index contributed by atoms with van der Waals surface area (Å²) >= 11 is 0. The lowest BCUT2D eigenvalue weighted by Gasteiger charge is -2.37. The average Bonchev–Trinajstić information content (AvgIpc) is 2.31. The quantitative estimate of drug-likeness (QED) is 0.513. The van der Waals surface area contributed by atoms with E-state index in [1.54, 1.807) is 6.07 Å². The Balaban J connectivity index is 2.99. The zero-order chi connectivity index (χ0) is 15.3. The van der Waals surface area contributed by atoms with Gasteiger partial charge in [0.2, 0.25) is 0 Å². The predicted octanol–water partition coefficient (Wildman–Crippen LogP) is -0.296. The Bertz CT molecular complexity index is 442. The number of rotatable bonds is 3. The van der Waals surface area contributed by atoms with Crippen LogP contribution in [0.2, 0.25) is 0 Å². The summed E-state index contributed by atoms with van der Waals surface area (Å²) in [5.74, 6) is -1.92. The summed E-state index contributed by atoms with van der Waals surface area (Å²) < 4.78 is 20.1. The van der Waals surface area contributed by atoms with Crippen molar-refractivity contribution in [3.05, 3.63) is 0 Å². The monoisotopic (exact) mass is 285 g/mol. The van der Waals surface area contributed by atoms with Crippen molar-refractivity contribution in [2.75, 3.05) is 6.61 Å². The first-order chi connectivity index (χ1) is 9.35. The highest BCUT2D eigenvalue weighted by molar-refractivity contribution is 5.68. The molecule has 0 aromatic heterocycles. The Hall–Kier alpha value is -2.14. The Labute approximate surface area is 115 Å². The first-order valence-electron chi connectivity index (χ1n) is 5.88. The van der Waals surface area contributed by atoms with Crippen LogP contribution in [0.1, 0.15) is 20.8 Å². The first kappa shape index (κ1) is 15.9. The van der Waals surface area contributed by atoms with Gasteiger partial charge < -0.3 is 18.9 Å². The van der Waals surface area contributed by atoms with E-state index in [1.165, 1.54) is 6.92 Å². The molecule has 0 unspecified atom stereocenters. The third-order valence-corrected chi connectivity index (χ3v) is 2.48. The van der Waals surface area contributed by atoms with Crippen LogP contribution in [0.4, 0.5) is 0 Å². The van der Waals surface area contributed by atoms with E-state index in [1.807, 2.05) is 0 Å². The van der Waals surface area contributed by atoms with Crippen LogP contribution < -0.4 is 0 Å². The first-order valence-corrected chi connectivity index (χ1v) is 5.88. The number of hydrogen-bond donors (Lipinski definition) is 0. The number of hydrogen-bond acceptors (Lipinski definition) is 8. The molecule has 0 N–H and O–H groups in total. The number of nitrogens with zero attached hydrogens (tertiary/aromatic N) is 1. The van der Waals surface area contributed by atoms with Gasteiger partial charge in [0, 0.05) is 20.8 Å². The second-order valence-corrected chi connectivity index (χ2v) is 4.18. The molecule has 1 rings (SSSR count). The number of carbonyl (C=O) groups is 3. The van der Waals surface area contributed by atoms with Gasteiger partial charge in [0.1, 0.15) is 0 Å². The van der Waals surface area contributed by atoms with E-state index in [2.05, 4.69) is 0 Å². The van der Waals surface area contributed by atoms with Crippen molar-refractivity contribution in [3.8, 4) is 6.07 Å². The molecule has 8 nitrogen and oxygen atoms in total. The third kappa shape index (κ3) is 4.20. The van der Waals surface area contributed by atoms with E-state index < -0.39 is 42.3 Å². The molecule has 0 bridgehead atoms. The van der Waals surface area contributed by atoms with Gasteiger partial charge in [0.15, 0.2) is 24.4 Å². The maximum Gasteiger partial charge on any atom is 0.303 e. The topological polar surface area (TPSA) is 112 Å². The molecule has 4 atom stereocenters. The van der Waals surface area contributed by atoms with E-state index in [4.69, 9.17) is 24.2 Å². The second-order valence-electron chi connectivity index (χ2n) is 4.18. The van der Waals surface area contributed by atoms with Crippen LogP contribution in [-0.2, 0) is 33.3 Å². The van der Waals surface area contributed by atoms with Crippen LogP contribution in [0.25, 0.3) is 0 Å². The van der Waals surface area contributed by atoms with Crippen molar-refractivity contribution >= 4 is 17.9 Å². The van der Waals surface area contributed by atoms with Gasteiger partial charge in [0.05, 0.1) is 12.7 Å². The molecule has 8 heteroatoms. The summed E-state index contributed by atoms with van der Waals surface area (Å²) in [7, 11) is 0. The zero-order valence-electron chi connectivity index (χ0n) is 11.3. The molecule has 1 fully saturated rings. The van der Waals surface area contributed by atoms with E-state index in [0.717, 1.165) is 13.8 Å². The normalized spacial score (nSPS) is 28.9. The molecular weight excluding hydrogens is 270 g/mol. The van der Waals surface area contributed by atoms with Crippen LogP contribution in [0.3, 0.4) is 0 Å². The summed E-state index contributed by atoms with van der Waals surface area (Å²) in [4.78, 5) is 33.3. The number of carbonyl (C=O) groups excluding carboxylic acids is 3.